The average molecular weight is 207 g/mol. The van der Waals surface area contributed by atoms with Crippen molar-refractivity contribution in [2.24, 2.45) is 5.41 Å². The summed E-state index contributed by atoms with van der Waals surface area (Å²) < 4.78 is 0. The Morgan fingerprint density at radius 1 is 1.47 bits per heavy atom. The third-order valence-corrected chi connectivity index (χ3v) is 2.14. The van der Waals surface area contributed by atoms with Gasteiger partial charge < -0.3 is 10.6 Å². The predicted molar refractivity (Wildman–Crippen MR) is 61.5 cm³/mol. The molecule has 0 fully saturated rings. The van der Waals surface area contributed by atoms with Crippen molar-refractivity contribution in [2.45, 2.75) is 20.8 Å². The van der Waals surface area contributed by atoms with E-state index in [1.807, 2.05) is 20.8 Å². The fourth-order valence-electron chi connectivity index (χ4n) is 1.32. The zero-order chi connectivity index (χ0) is 11.6. The Morgan fingerprint density at radius 3 is 2.53 bits per heavy atom. The molecule has 0 saturated heterocycles. The van der Waals surface area contributed by atoms with Gasteiger partial charge in [0, 0.05) is 18.7 Å². The number of rotatable bonds is 1. The number of nitrogen functional groups attached to an aromatic ring is 1. The van der Waals surface area contributed by atoms with Crippen molar-refractivity contribution in [3.05, 3.63) is 18.5 Å². The third kappa shape index (κ3) is 2.46. The molecule has 1 rings (SSSR count). The molecular formula is C11H17N3O. The zero-order valence-electron chi connectivity index (χ0n) is 9.61. The van der Waals surface area contributed by atoms with Crippen LogP contribution in [-0.2, 0) is 4.79 Å². The Morgan fingerprint density at radius 2 is 2.07 bits per heavy atom. The standard InChI is InChI=1S/C11H17N3O/c1-11(2,3)10(15)14(4)9-5-6-13-7-8(9)12/h5-7H,12H2,1-4H3. The number of carbonyl (C=O) groups excluding carboxylic acids is 1. The molecule has 1 aromatic rings. The van der Waals surface area contributed by atoms with E-state index >= 15 is 0 Å². The largest absolute Gasteiger partial charge is 0.396 e. The molecule has 1 heterocycles. The lowest BCUT2D eigenvalue weighted by Gasteiger charge is -2.26. The second-order valence-electron chi connectivity index (χ2n) is 4.55. The minimum Gasteiger partial charge on any atom is -0.396 e. The summed E-state index contributed by atoms with van der Waals surface area (Å²) in [5.74, 6) is 0.0281. The minimum absolute atomic E-state index is 0.0281. The molecule has 82 valence electrons. The molecule has 15 heavy (non-hydrogen) atoms. The predicted octanol–water partition coefficient (Wildman–Crippen LogP) is 1.67. The summed E-state index contributed by atoms with van der Waals surface area (Å²) in [7, 11) is 1.72. The van der Waals surface area contributed by atoms with Gasteiger partial charge in [0.25, 0.3) is 0 Å². The first-order valence-corrected chi connectivity index (χ1v) is 4.81. The van der Waals surface area contributed by atoms with Crippen LogP contribution in [0, 0.1) is 5.41 Å². The molecule has 0 unspecified atom stereocenters. The maximum Gasteiger partial charge on any atom is 0.232 e. The van der Waals surface area contributed by atoms with Crippen LogP contribution in [0.2, 0.25) is 0 Å². The summed E-state index contributed by atoms with van der Waals surface area (Å²) >= 11 is 0. The van der Waals surface area contributed by atoms with Gasteiger partial charge in [-0.25, -0.2) is 0 Å². The molecule has 0 aliphatic heterocycles. The molecule has 1 aromatic heterocycles. The Balaban J connectivity index is 3.01. The van der Waals surface area contributed by atoms with Gasteiger partial charge in [0.1, 0.15) is 0 Å². The highest BCUT2D eigenvalue weighted by atomic mass is 16.2. The van der Waals surface area contributed by atoms with E-state index in [4.69, 9.17) is 5.73 Å². The Hall–Kier alpha value is -1.58. The van der Waals surface area contributed by atoms with Gasteiger partial charge in [0.2, 0.25) is 5.91 Å². The fraction of sp³-hybridized carbons (Fsp3) is 0.455. The number of anilines is 2. The van der Waals surface area contributed by atoms with Crippen LogP contribution < -0.4 is 10.6 Å². The normalized spacial score (nSPS) is 11.2. The summed E-state index contributed by atoms with van der Waals surface area (Å²) in [5, 5.41) is 0. The van der Waals surface area contributed by atoms with E-state index in [-0.39, 0.29) is 5.91 Å². The molecule has 0 bridgehead atoms. The van der Waals surface area contributed by atoms with Gasteiger partial charge in [-0.05, 0) is 6.07 Å². The summed E-state index contributed by atoms with van der Waals surface area (Å²) in [6.07, 6.45) is 3.17. The van der Waals surface area contributed by atoms with Crippen LogP contribution in [0.25, 0.3) is 0 Å². The lowest BCUT2D eigenvalue weighted by atomic mass is 9.94. The number of aromatic nitrogens is 1. The van der Waals surface area contributed by atoms with E-state index in [1.54, 1.807) is 30.4 Å². The van der Waals surface area contributed by atoms with Crippen molar-refractivity contribution in [3.8, 4) is 0 Å². The SMILES string of the molecule is CN(C(=O)C(C)(C)C)c1ccncc1N. The summed E-state index contributed by atoms with van der Waals surface area (Å²) in [4.78, 5) is 17.4. The highest BCUT2D eigenvalue weighted by molar-refractivity contribution is 5.98. The monoisotopic (exact) mass is 207 g/mol. The van der Waals surface area contributed by atoms with Crippen LogP contribution in [0.5, 0.6) is 0 Å². The van der Waals surface area contributed by atoms with Crippen LogP contribution in [0.3, 0.4) is 0 Å². The van der Waals surface area contributed by atoms with Crippen molar-refractivity contribution in [3.63, 3.8) is 0 Å². The van der Waals surface area contributed by atoms with E-state index in [9.17, 15) is 4.79 Å². The third-order valence-electron chi connectivity index (χ3n) is 2.14. The van der Waals surface area contributed by atoms with Crippen LogP contribution in [-0.4, -0.2) is 17.9 Å². The molecule has 0 aliphatic carbocycles. The minimum atomic E-state index is -0.412. The van der Waals surface area contributed by atoms with E-state index in [1.165, 1.54) is 0 Å². The first-order valence-electron chi connectivity index (χ1n) is 4.81. The number of amides is 1. The van der Waals surface area contributed by atoms with Crippen LogP contribution >= 0.6 is 0 Å². The number of pyridine rings is 1. The van der Waals surface area contributed by atoms with Crippen molar-refractivity contribution in [1.29, 1.82) is 0 Å². The summed E-state index contributed by atoms with van der Waals surface area (Å²) in [6.45, 7) is 5.63. The van der Waals surface area contributed by atoms with Gasteiger partial charge in [0.15, 0.2) is 0 Å². The van der Waals surface area contributed by atoms with Gasteiger partial charge in [-0.2, -0.15) is 0 Å². The van der Waals surface area contributed by atoms with Crippen molar-refractivity contribution in [1.82, 2.24) is 4.98 Å². The summed E-state index contributed by atoms with van der Waals surface area (Å²) in [6, 6.07) is 1.74. The lowest BCUT2D eigenvalue weighted by molar-refractivity contribution is -0.125. The Labute approximate surface area is 90.1 Å². The van der Waals surface area contributed by atoms with Gasteiger partial charge in [0.05, 0.1) is 17.6 Å². The van der Waals surface area contributed by atoms with Crippen molar-refractivity contribution < 1.29 is 4.79 Å². The summed E-state index contributed by atoms with van der Waals surface area (Å²) in [5.41, 5.74) is 6.54. The van der Waals surface area contributed by atoms with Gasteiger partial charge in [-0.15, -0.1) is 0 Å². The number of carbonyl (C=O) groups is 1. The smallest absolute Gasteiger partial charge is 0.232 e. The zero-order valence-corrected chi connectivity index (χ0v) is 9.61. The molecule has 0 radical (unpaired) electrons. The molecule has 0 aliphatic rings. The Bertz CT molecular complexity index is 368. The fourth-order valence-corrected chi connectivity index (χ4v) is 1.32. The molecular weight excluding hydrogens is 190 g/mol. The second-order valence-corrected chi connectivity index (χ2v) is 4.55. The quantitative estimate of drug-likeness (QED) is 0.762. The molecule has 4 nitrogen and oxygen atoms in total. The number of hydrogen-bond donors (Lipinski definition) is 1. The van der Waals surface area contributed by atoms with Crippen LogP contribution in [0.1, 0.15) is 20.8 Å². The van der Waals surface area contributed by atoms with Gasteiger partial charge in [-0.3, -0.25) is 9.78 Å². The first kappa shape index (κ1) is 11.5. The maximum atomic E-state index is 12.0. The molecule has 0 saturated carbocycles. The first-order chi connectivity index (χ1) is 6.84. The van der Waals surface area contributed by atoms with Gasteiger partial charge in [-0.1, -0.05) is 20.8 Å². The highest BCUT2D eigenvalue weighted by Crippen LogP contribution is 2.25. The molecule has 0 spiro atoms. The van der Waals surface area contributed by atoms with E-state index in [2.05, 4.69) is 4.98 Å². The van der Waals surface area contributed by atoms with E-state index < -0.39 is 5.41 Å². The van der Waals surface area contributed by atoms with Gasteiger partial charge >= 0.3 is 0 Å². The van der Waals surface area contributed by atoms with Crippen LogP contribution in [0.15, 0.2) is 18.5 Å². The van der Waals surface area contributed by atoms with Crippen LogP contribution in [0.4, 0.5) is 11.4 Å². The molecule has 2 N–H and O–H groups in total. The molecule has 0 atom stereocenters. The lowest BCUT2D eigenvalue weighted by Crippen LogP contribution is -2.37. The average Bonchev–Trinajstić information content (AvgIpc) is 2.15. The maximum absolute atomic E-state index is 12.0. The number of nitrogens with zero attached hydrogens (tertiary/aromatic N) is 2. The molecule has 1 amide bonds. The Kier molecular flexibility index (Phi) is 2.98. The topological polar surface area (TPSA) is 59.2 Å². The van der Waals surface area contributed by atoms with E-state index in [0.717, 1.165) is 0 Å². The second kappa shape index (κ2) is 3.88. The van der Waals surface area contributed by atoms with Crippen molar-refractivity contribution in [2.75, 3.05) is 17.7 Å². The number of nitrogens with two attached hydrogens (primary N) is 1. The molecule has 0 aromatic carbocycles. The van der Waals surface area contributed by atoms with Crippen molar-refractivity contribution >= 4 is 17.3 Å². The highest BCUT2D eigenvalue weighted by Gasteiger charge is 2.26. The number of hydrogen-bond acceptors (Lipinski definition) is 3. The molecule has 4 heteroatoms. The van der Waals surface area contributed by atoms with E-state index in [0.29, 0.717) is 11.4 Å².